The lowest BCUT2D eigenvalue weighted by molar-refractivity contribution is 0.539. The first kappa shape index (κ1) is 12.5. The van der Waals surface area contributed by atoms with Crippen molar-refractivity contribution in [2.45, 2.75) is 37.9 Å². The monoisotopic (exact) mass is 228 g/mol. The first-order valence-electron chi connectivity index (χ1n) is 5.48. The van der Waals surface area contributed by atoms with Gasteiger partial charge in [0, 0.05) is 18.8 Å². The number of hydrogen-bond acceptors (Lipinski definition) is 4. The zero-order valence-corrected chi connectivity index (χ0v) is 10.5. The van der Waals surface area contributed by atoms with Crippen molar-refractivity contribution < 1.29 is 0 Å². The number of rotatable bonds is 7. The maximum absolute atomic E-state index is 4.05. The highest BCUT2D eigenvalue weighted by atomic mass is 32.2. The molecule has 5 heteroatoms. The van der Waals surface area contributed by atoms with Crippen molar-refractivity contribution >= 4 is 11.8 Å². The summed E-state index contributed by atoms with van der Waals surface area (Å²) >= 11 is 1.76. The molecule has 86 valence electrons. The molecule has 0 aliphatic carbocycles. The lowest BCUT2D eigenvalue weighted by Gasteiger charge is -2.15. The minimum Gasteiger partial charge on any atom is -0.313 e. The van der Waals surface area contributed by atoms with Crippen molar-refractivity contribution in [2.75, 3.05) is 12.3 Å². The first-order valence-corrected chi connectivity index (χ1v) is 6.46. The molecule has 1 aromatic heterocycles. The van der Waals surface area contributed by atoms with Gasteiger partial charge in [0.05, 0.1) is 0 Å². The molecule has 0 fully saturated rings. The lowest BCUT2D eigenvalue weighted by Crippen LogP contribution is -2.31. The van der Waals surface area contributed by atoms with Gasteiger partial charge in [0.15, 0.2) is 5.16 Å². The summed E-state index contributed by atoms with van der Waals surface area (Å²) in [6.45, 7) is 5.50. The van der Waals surface area contributed by atoms with Gasteiger partial charge in [0.2, 0.25) is 0 Å². The van der Waals surface area contributed by atoms with Crippen molar-refractivity contribution in [1.29, 1.82) is 0 Å². The summed E-state index contributed by atoms with van der Waals surface area (Å²) in [5.74, 6) is 1.06. The standard InChI is InChI=1S/C10H20N4S/c1-4-6-11-9(5-2)7-15-10-13-12-8-14(10)3/h8-9,11H,4-7H2,1-3H3. The van der Waals surface area contributed by atoms with E-state index in [1.54, 1.807) is 18.1 Å². The summed E-state index contributed by atoms with van der Waals surface area (Å²) in [6.07, 6.45) is 4.08. The van der Waals surface area contributed by atoms with Crippen LogP contribution < -0.4 is 5.32 Å². The van der Waals surface area contributed by atoms with Crippen LogP contribution in [0.3, 0.4) is 0 Å². The fourth-order valence-electron chi connectivity index (χ4n) is 1.25. The van der Waals surface area contributed by atoms with Gasteiger partial charge in [-0.15, -0.1) is 10.2 Å². The van der Waals surface area contributed by atoms with E-state index in [-0.39, 0.29) is 0 Å². The van der Waals surface area contributed by atoms with E-state index in [1.807, 2.05) is 11.6 Å². The molecular weight excluding hydrogens is 208 g/mol. The molecule has 0 radical (unpaired) electrons. The van der Waals surface area contributed by atoms with Gasteiger partial charge >= 0.3 is 0 Å². The van der Waals surface area contributed by atoms with Crippen molar-refractivity contribution in [3.05, 3.63) is 6.33 Å². The lowest BCUT2D eigenvalue weighted by atomic mass is 10.2. The number of nitrogens with zero attached hydrogens (tertiary/aromatic N) is 3. The van der Waals surface area contributed by atoms with Crippen molar-refractivity contribution in [3.63, 3.8) is 0 Å². The van der Waals surface area contributed by atoms with Crippen LogP contribution in [0, 0.1) is 0 Å². The SMILES string of the molecule is CCCNC(CC)CSc1nncn1C. The Bertz CT molecular complexity index is 274. The Labute approximate surface area is 95.9 Å². The van der Waals surface area contributed by atoms with E-state index in [1.165, 1.54) is 6.42 Å². The molecule has 15 heavy (non-hydrogen) atoms. The van der Waals surface area contributed by atoms with Crippen molar-refractivity contribution in [3.8, 4) is 0 Å². The second kappa shape index (κ2) is 6.85. The Balaban J connectivity index is 2.31. The summed E-state index contributed by atoms with van der Waals surface area (Å²) < 4.78 is 1.96. The van der Waals surface area contributed by atoms with Crippen LogP contribution in [0.15, 0.2) is 11.5 Å². The molecule has 0 aliphatic heterocycles. The highest BCUT2D eigenvalue weighted by Crippen LogP contribution is 2.15. The Hall–Kier alpha value is -0.550. The third kappa shape index (κ3) is 4.22. The van der Waals surface area contributed by atoms with Crippen LogP contribution in [0.4, 0.5) is 0 Å². The van der Waals surface area contributed by atoms with Crippen molar-refractivity contribution in [2.24, 2.45) is 7.05 Å². The molecule has 1 heterocycles. The first-order chi connectivity index (χ1) is 7.27. The Morgan fingerprint density at radius 2 is 2.33 bits per heavy atom. The summed E-state index contributed by atoms with van der Waals surface area (Å²) in [6, 6.07) is 0.576. The van der Waals surface area contributed by atoms with E-state index >= 15 is 0 Å². The fraction of sp³-hybridized carbons (Fsp3) is 0.800. The van der Waals surface area contributed by atoms with Gasteiger partial charge in [-0.1, -0.05) is 25.6 Å². The highest BCUT2D eigenvalue weighted by molar-refractivity contribution is 7.99. The molecule has 1 aromatic rings. The Morgan fingerprint density at radius 3 is 2.87 bits per heavy atom. The van der Waals surface area contributed by atoms with Crippen LogP contribution in [0.2, 0.25) is 0 Å². The van der Waals surface area contributed by atoms with Gasteiger partial charge in [-0.05, 0) is 19.4 Å². The smallest absolute Gasteiger partial charge is 0.190 e. The Morgan fingerprint density at radius 1 is 1.53 bits per heavy atom. The number of nitrogens with one attached hydrogen (secondary N) is 1. The zero-order chi connectivity index (χ0) is 11.1. The van der Waals surface area contributed by atoms with E-state index in [9.17, 15) is 0 Å². The second-order valence-electron chi connectivity index (χ2n) is 3.59. The average Bonchev–Trinajstić information content (AvgIpc) is 2.65. The number of aryl methyl sites for hydroxylation is 1. The summed E-state index contributed by atoms with van der Waals surface area (Å²) in [7, 11) is 1.97. The number of hydrogen-bond donors (Lipinski definition) is 1. The molecule has 0 bridgehead atoms. The predicted molar refractivity (Wildman–Crippen MR) is 64.1 cm³/mol. The molecule has 0 saturated heterocycles. The molecule has 0 amide bonds. The third-order valence-electron chi connectivity index (χ3n) is 2.26. The van der Waals surface area contributed by atoms with Gasteiger partial charge in [-0.25, -0.2) is 0 Å². The Kier molecular flexibility index (Phi) is 5.71. The van der Waals surface area contributed by atoms with Gasteiger partial charge < -0.3 is 9.88 Å². The minimum atomic E-state index is 0.576. The largest absolute Gasteiger partial charge is 0.313 e. The quantitative estimate of drug-likeness (QED) is 0.721. The maximum Gasteiger partial charge on any atom is 0.190 e. The average molecular weight is 228 g/mol. The van der Waals surface area contributed by atoms with Crippen LogP contribution in [0.25, 0.3) is 0 Å². The molecule has 0 saturated carbocycles. The predicted octanol–water partition coefficient (Wildman–Crippen LogP) is 1.69. The van der Waals surface area contributed by atoms with Gasteiger partial charge in [-0.2, -0.15) is 0 Å². The van der Waals surface area contributed by atoms with E-state index in [4.69, 9.17) is 0 Å². The van der Waals surface area contributed by atoms with Gasteiger partial charge in [0.25, 0.3) is 0 Å². The van der Waals surface area contributed by atoms with E-state index in [2.05, 4.69) is 29.4 Å². The summed E-state index contributed by atoms with van der Waals surface area (Å²) in [5.41, 5.74) is 0. The minimum absolute atomic E-state index is 0.576. The van der Waals surface area contributed by atoms with Gasteiger partial charge in [-0.3, -0.25) is 0 Å². The number of aromatic nitrogens is 3. The molecule has 4 nitrogen and oxygen atoms in total. The second-order valence-corrected chi connectivity index (χ2v) is 4.58. The molecule has 1 N–H and O–H groups in total. The van der Waals surface area contributed by atoms with Crippen LogP contribution in [0.5, 0.6) is 0 Å². The molecule has 0 aromatic carbocycles. The number of thioether (sulfide) groups is 1. The molecule has 1 rings (SSSR count). The van der Waals surface area contributed by atoms with Crippen LogP contribution in [-0.4, -0.2) is 33.1 Å². The summed E-state index contributed by atoms with van der Waals surface area (Å²) in [5, 5.41) is 12.4. The van der Waals surface area contributed by atoms with Crippen LogP contribution in [-0.2, 0) is 7.05 Å². The van der Waals surface area contributed by atoms with E-state index in [0.29, 0.717) is 6.04 Å². The van der Waals surface area contributed by atoms with Crippen LogP contribution in [0.1, 0.15) is 26.7 Å². The van der Waals surface area contributed by atoms with Crippen LogP contribution >= 0.6 is 11.8 Å². The van der Waals surface area contributed by atoms with Crippen molar-refractivity contribution in [1.82, 2.24) is 20.1 Å². The maximum atomic E-state index is 4.05. The molecule has 0 aliphatic rings. The highest BCUT2D eigenvalue weighted by Gasteiger charge is 2.08. The topological polar surface area (TPSA) is 42.7 Å². The summed E-state index contributed by atoms with van der Waals surface area (Å²) in [4.78, 5) is 0. The van der Waals surface area contributed by atoms with E-state index < -0.39 is 0 Å². The van der Waals surface area contributed by atoms with E-state index in [0.717, 1.165) is 23.9 Å². The normalized spacial score (nSPS) is 13.0. The van der Waals surface area contributed by atoms with Gasteiger partial charge in [0.1, 0.15) is 6.33 Å². The molecule has 1 unspecified atom stereocenters. The molecule has 1 atom stereocenters. The molecular formula is C10H20N4S. The fourth-order valence-corrected chi connectivity index (χ4v) is 2.31. The zero-order valence-electron chi connectivity index (χ0n) is 9.73. The third-order valence-corrected chi connectivity index (χ3v) is 3.46. The molecule has 0 spiro atoms.